The molecular formula is C15H18. The molecule has 1 aliphatic carbocycles. The van der Waals surface area contributed by atoms with E-state index in [1.54, 1.807) is 0 Å². The summed E-state index contributed by atoms with van der Waals surface area (Å²) < 4.78 is 0. The van der Waals surface area contributed by atoms with Gasteiger partial charge in [-0.3, -0.25) is 0 Å². The molecule has 1 aliphatic rings. The van der Waals surface area contributed by atoms with E-state index in [1.165, 1.54) is 42.4 Å². The van der Waals surface area contributed by atoms with Crippen LogP contribution in [0, 0.1) is 6.92 Å². The zero-order valence-corrected chi connectivity index (χ0v) is 9.37. The van der Waals surface area contributed by atoms with Crippen LogP contribution in [0.25, 0.3) is 6.08 Å². The minimum absolute atomic E-state index is 1.25. The molecule has 0 bridgehead atoms. The first kappa shape index (κ1) is 10.2. The highest BCUT2D eigenvalue weighted by molar-refractivity contribution is 5.53. The summed E-state index contributed by atoms with van der Waals surface area (Å²) in [7, 11) is 0. The minimum Gasteiger partial charge on any atom is -0.0813 e. The number of aryl methyl sites for hydroxylation is 1. The zero-order valence-electron chi connectivity index (χ0n) is 9.37. The largest absolute Gasteiger partial charge is 0.0813 e. The Hall–Kier alpha value is -1.30. The van der Waals surface area contributed by atoms with Crippen molar-refractivity contribution in [3.05, 3.63) is 53.1 Å². The van der Waals surface area contributed by atoms with Crippen LogP contribution in [-0.4, -0.2) is 0 Å². The van der Waals surface area contributed by atoms with Gasteiger partial charge in [-0.25, -0.2) is 0 Å². The van der Waals surface area contributed by atoms with Gasteiger partial charge in [-0.15, -0.1) is 0 Å². The highest BCUT2D eigenvalue weighted by Crippen LogP contribution is 2.19. The summed E-state index contributed by atoms with van der Waals surface area (Å²) >= 11 is 0. The molecule has 15 heavy (non-hydrogen) atoms. The van der Waals surface area contributed by atoms with Crippen molar-refractivity contribution in [2.75, 3.05) is 0 Å². The van der Waals surface area contributed by atoms with E-state index in [9.17, 15) is 0 Å². The van der Waals surface area contributed by atoms with E-state index < -0.39 is 0 Å². The molecule has 0 aliphatic heterocycles. The van der Waals surface area contributed by atoms with Crippen LogP contribution in [0.1, 0.15) is 36.8 Å². The summed E-state index contributed by atoms with van der Waals surface area (Å²) in [6, 6.07) is 8.63. The maximum Gasteiger partial charge on any atom is -0.0254 e. The quantitative estimate of drug-likeness (QED) is 0.656. The smallest absolute Gasteiger partial charge is 0.0254 e. The van der Waals surface area contributed by atoms with Crippen molar-refractivity contribution in [3.63, 3.8) is 0 Å². The van der Waals surface area contributed by atoms with Gasteiger partial charge in [-0.1, -0.05) is 53.6 Å². The Balaban J connectivity index is 2.07. The number of hydrogen-bond donors (Lipinski definition) is 0. The molecule has 0 N–H and O–H groups in total. The second-order valence-corrected chi connectivity index (χ2v) is 4.27. The van der Waals surface area contributed by atoms with Gasteiger partial charge < -0.3 is 0 Å². The monoisotopic (exact) mass is 198 g/mol. The Morgan fingerprint density at radius 1 is 1.13 bits per heavy atom. The summed E-state index contributed by atoms with van der Waals surface area (Å²) in [6.45, 7) is 2.14. The van der Waals surface area contributed by atoms with Crippen molar-refractivity contribution in [1.29, 1.82) is 0 Å². The molecular weight excluding hydrogens is 180 g/mol. The molecule has 2 rings (SSSR count). The van der Waals surface area contributed by atoms with E-state index in [4.69, 9.17) is 0 Å². The first-order chi connectivity index (χ1) is 7.34. The van der Waals surface area contributed by atoms with E-state index in [0.717, 1.165) is 0 Å². The lowest BCUT2D eigenvalue weighted by Crippen LogP contribution is -1.87. The Bertz CT molecular complexity index is 383. The van der Waals surface area contributed by atoms with Gasteiger partial charge in [0.05, 0.1) is 0 Å². The molecule has 1 aromatic carbocycles. The second kappa shape index (κ2) is 4.97. The molecule has 0 heteroatoms. The third-order valence-electron chi connectivity index (χ3n) is 2.86. The first-order valence-electron chi connectivity index (χ1n) is 5.78. The van der Waals surface area contributed by atoms with Crippen LogP contribution in [0.5, 0.6) is 0 Å². The van der Waals surface area contributed by atoms with E-state index in [0.29, 0.717) is 0 Å². The summed E-state index contributed by atoms with van der Waals surface area (Å²) in [5.74, 6) is 0. The molecule has 0 unspecified atom stereocenters. The van der Waals surface area contributed by atoms with Gasteiger partial charge >= 0.3 is 0 Å². The Morgan fingerprint density at radius 2 is 2.07 bits per heavy atom. The average molecular weight is 198 g/mol. The summed E-state index contributed by atoms with van der Waals surface area (Å²) in [4.78, 5) is 0. The SMILES string of the molecule is Cc1cccc(/C=C/C2=CCCCC2)c1. The highest BCUT2D eigenvalue weighted by Gasteiger charge is 1.99. The fourth-order valence-electron chi connectivity index (χ4n) is 1.99. The lowest BCUT2D eigenvalue weighted by molar-refractivity contribution is 0.712. The first-order valence-corrected chi connectivity index (χ1v) is 5.78. The van der Waals surface area contributed by atoms with Crippen LogP contribution in [-0.2, 0) is 0 Å². The molecule has 0 atom stereocenters. The molecule has 1 aromatic rings. The van der Waals surface area contributed by atoms with Crippen molar-refractivity contribution < 1.29 is 0 Å². The van der Waals surface area contributed by atoms with Crippen molar-refractivity contribution >= 4 is 6.08 Å². The number of hydrogen-bond acceptors (Lipinski definition) is 0. The van der Waals surface area contributed by atoms with Gasteiger partial charge in [0.25, 0.3) is 0 Å². The molecule has 0 nitrogen and oxygen atoms in total. The molecule has 0 amide bonds. The standard InChI is InChI=1S/C15H18/c1-13-6-5-9-15(12-13)11-10-14-7-3-2-4-8-14/h5-7,9-12H,2-4,8H2,1H3/b11-10+. The molecule has 0 aromatic heterocycles. The van der Waals surface area contributed by atoms with Gasteiger partial charge in [0.1, 0.15) is 0 Å². The van der Waals surface area contributed by atoms with Crippen molar-refractivity contribution in [2.24, 2.45) is 0 Å². The molecule has 0 spiro atoms. The summed E-state index contributed by atoms with van der Waals surface area (Å²) in [5, 5.41) is 0. The zero-order chi connectivity index (χ0) is 10.5. The maximum absolute atomic E-state index is 2.37. The van der Waals surface area contributed by atoms with Crippen molar-refractivity contribution in [2.45, 2.75) is 32.6 Å². The Labute approximate surface area is 92.3 Å². The van der Waals surface area contributed by atoms with Crippen LogP contribution in [0.2, 0.25) is 0 Å². The van der Waals surface area contributed by atoms with Crippen molar-refractivity contribution in [1.82, 2.24) is 0 Å². The second-order valence-electron chi connectivity index (χ2n) is 4.27. The maximum atomic E-state index is 2.37. The van der Waals surface area contributed by atoms with Crippen LogP contribution in [0.3, 0.4) is 0 Å². The third kappa shape index (κ3) is 3.09. The van der Waals surface area contributed by atoms with Crippen LogP contribution < -0.4 is 0 Å². The van der Waals surface area contributed by atoms with E-state index in [2.05, 4.69) is 49.4 Å². The Morgan fingerprint density at radius 3 is 2.80 bits per heavy atom. The number of allylic oxidation sites excluding steroid dienone is 3. The highest BCUT2D eigenvalue weighted by atomic mass is 14.0. The Kier molecular flexibility index (Phi) is 3.39. The third-order valence-corrected chi connectivity index (χ3v) is 2.86. The number of benzene rings is 1. The average Bonchev–Trinajstić information content (AvgIpc) is 2.28. The van der Waals surface area contributed by atoms with Gasteiger partial charge in [0.15, 0.2) is 0 Å². The summed E-state index contributed by atoms with van der Waals surface area (Å²) in [6.07, 6.45) is 12.1. The van der Waals surface area contributed by atoms with Crippen LogP contribution >= 0.6 is 0 Å². The van der Waals surface area contributed by atoms with Crippen molar-refractivity contribution in [3.8, 4) is 0 Å². The lowest BCUT2D eigenvalue weighted by Gasteiger charge is -2.08. The lowest BCUT2D eigenvalue weighted by atomic mass is 9.98. The topological polar surface area (TPSA) is 0 Å². The van der Waals surface area contributed by atoms with E-state index >= 15 is 0 Å². The van der Waals surface area contributed by atoms with Crippen LogP contribution in [0.15, 0.2) is 42.0 Å². The fourth-order valence-corrected chi connectivity index (χ4v) is 1.99. The fraction of sp³-hybridized carbons (Fsp3) is 0.333. The van der Waals surface area contributed by atoms with Gasteiger partial charge in [0, 0.05) is 0 Å². The van der Waals surface area contributed by atoms with Gasteiger partial charge in [-0.2, -0.15) is 0 Å². The van der Waals surface area contributed by atoms with Gasteiger partial charge in [0.2, 0.25) is 0 Å². The molecule has 78 valence electrons. The molecule has 0 saturated carbocycles. The molecule has 0 saturated heterocycles. The molecule has 0 radical (unpaired) electrons. The van der Waals surface area contributed by atoms with E-state index in [-0.39, 0.29) is 0 Å². The van der Waals surface area contributed by atoms with E-state index in [1.807, 2.05) is 0 Å². The summed E-state index contributed by atoms with van der Waals surface area (Å²) in [5.41, 5.74) is 4.14. The number of rotatable bonds is 2. The normalized spacial score (nSPS) is 16.7. The predicted octanol–water partition coefficient (Wildman–Crippen LogP) is 4.51. The minimum atomic E-state index is 1.25. The van der Waals surface area contributed by atoms with Gasteiger partial charge in [-0.05, 0) is 38.2 Å². The van der Waals surface area contributed by atoms with Crippen LogP contribution in [0.4, 0.5) is 0 Å². The molecule has 0 fully saturated rings. The molecule has 0 heterocycles. The predicted molar refractivity (Wildman–Crippen MR) is 66.8 cm³/mol.